The fraction of sp³-hybridized carbons (Fsp3) is 0.364. The summed E-state index contributed by atoms with van der Waals surface area (Å²) in [5.74, 6) is 0.550. The van der Waals surface area contributed by atoms with Gasteiger partial charge in [-0.15, -0.1) is 0 Å². The number of aryl methyl sites for hydroxylation is 1. The predicted molar refractivity (Wildman–Crippen MR) is 107 cm³/mol. The summed E-state index contributed by atoms with van der Waals surface area (Å²) in [5.41, 5.74) is 0.826. The van der Waals surface area contributed by atoms with Gasteiger partial charge in [-0.2, -0.15) is 0 Å². The molecule has 3 rings (SSSR count). The van der Waals surface area contributed by atoms with Gasteiger partial charge in [0.25, 0.3) is 11.8 Å². The third-order valence-corrected chi connectivity index (χ3v) is 5.02. The Balaban J connectivity index is 1.54. The number of rotatable bonds is 5. The van der Waals surface area contributed by atoms with E-state index in [0.29, 0.717) is 48.8 Å². The second kappa shape index (κ2) is 8.94. The highest BCUT2D eigenvalue weighted by Gasteiger charge is 2.28. The van der Waals surface area contributed by atoms with Crippen LogP contribution in [0.1, 0.15) is 22.8 Å². The number of amides is 2. The molecule has 2 aromatic carbocycles. The van der Waals surface area contributed by atoms with E-state index in [0.717, 1.165) is 0 Å². The Morgan fingerprint density at radius 2 is 1.55 bits per heavy atom. The molecule has 1 heterocycles. The molecule has 1 saturated heterocycles. The SMILES string of the molecule is COc1ccc(OC(C)C(=O)N2CCN(C(=O)c3ccc(C)c(F)c3)CC2)cc1. The molecule has 29 heavy (non-hydrogen) atoms. The zero-order valence-corrected chi connectivity index (χ0v) is 16.9. The van der Waals surface area contributed by atoms with E-state index in [9.17, 15) is 14.0 Å². The van der Waals surface area contributed by atoms with Gasteiger partial charge in [0.1, 0.15) is 17.3 Å². The largest absolute Gasteiger partial charge is 0.497 e. The molecule has 1 fully saturated rings. The van der Waals surface area contributed by atoms with Crippen LogP contribution in [0.2, 0.25) is 0 Å². The van der Waals surface area contributed by atoms with Gasteiger partial charge >= 0.3 is 0 Å². The van der Waals surface area contributed by atoms with E-state index in [1.807, 2.05) is 0 Å². The lowest BCUT2D eigenvalue weighted by atomic mass is 10.1. The first-order valence-electron chi connectivity index (χ1n) is 9.54. The van der Waals surface area contributed by atoms with Crippen molar-refractivity contribution in [1.82, 2.24) is 9.80 Å². The van der Waals surface area contributed by atoms with E-state index in [-0.39, 0.29) is 11.8 Å². The van der Waals surface area contributed by atoms with E-state index in [1.165, 1.54) is 6.07 Å². The van der Waals surface area contributed by atoms with Gasteiger partial charge in [-0.25, -0.2) is 4.39 Å². The number of ether oxygens (including phenoxy) is 2. The number of carbonyl (C=O) groups excluding carboxylic acids is 2. The van der Waals surface area contributed by atoms with E-state index < -0.39 is 11.9 Å². The standard InChI is InChI=1S/C22H25FN2O4/c1-15-4-5-17(14-20(15)23)22(27)25-12-10-24(11-13-25)21(26)16(2)29-19-8-6-18(28-3)7-9-19/h4-9,14,16H,10-13H2,1-3H3. The zero-order chi connectivity index (χ0) is 21.0. The van der Waals surface area contributed by atoms with Gasteiger partial charge in [-0.3, -0.25) is 9.59 Å². The summed E-state index contributed by atoms with van der Waals surface area (Å²) >= 11 is 0. The van der Waals surface area contributed by atoms with Gasteiger partial charge in [-0.1, -0.05) is 6.07 Å². The zero-order valence-electron chi connectivity index (χ0n) is 16.9. The lowest BCUT2D eigenvalue weighted by molar-refractivity contribution is -0.139. The molecular formula is C22H25FN2O4. The number of hydrogen-bond donors (Lipinski definition) is 0. The molecule has 2 amide bonds. The van der Waals surface area contributed by atoms with Gasteiger partial charge in [-0.05, 0) is 55.8 Å². The monoisotopic (exact) mass is 400 g/mol. The topological polar surface area (TPSA) is 59.1 Å². The lowest BCUT2D eigenvalue weighted by Crippen LogP contribution is -2.53. The van der Waals surface area contributed by atoms with Crippen molar-refractivity contribution in [2.24, 2.45) is 0 Å². The molecule has 1 aliphatic heterocycles. The Bertz CT molecular complexity index is 877. The van der Waals surface area contributed by atoms with Crippen molar-refractivity contribution in [2.75, 3.05) is 33.3 Å². The molecule has 1 atom stereocenters. The minimum atomic E-state index is -0.642. The molecule has 1 aliphatic rings. The quantitative estimate of drug-likeness (QED) is 0.775. The smallest absolute Gasteiger partial charge is 0.263 e. The van der Waals surface area contributed by atoms with Crippen molar-refractivity contribution in [1.29, 1.82) is 0 Å². The fourth-order valence-corrected chi connectivity index (χ4v) is 3.20. The lowest BCUT2D eigenvalue weighted by Gasteiger charge is -2.36. The van der Waals surface area contributed by atoms with Gasteiger partial charge in [0.15, 0.2) is 6.10 Å². The third-order valence-electron chi connectivity index (χ3n) is 5.02. The van der Waals surface area contributed by atoms with E-state index >= 15 is 0 Å². The van der Waals surface area contributed by atoms with Crippen LogP contribution in [0.3, 0.4) is 0 Å². The van der Waals surface area contributed by atoms with Gasteiger partial charge in [0.05, 0.1) is 7.11 Å². The number of carbonyl (C=O) groups is 2. The molecule has 0 aliphatic carbocycles. The van der Waals surface area contributed by atoms with Crippen LogP contribution in [0.5, 0.6) is 11.5 Å². The minimum Gasteiger partial charge on any atom is -0.497 e. The summed E-state index contributed by atoms with van der Waals surface area (Å²) < 4.78 is 24.6. The highest BCUT2D eigenvalue weighted by atomic mass is 19.1. The molecule has 0 N–H and O–H groups in total. The Morgan fingerprint density at radius 1 is 0.966 bits per heavy atom. The summed E-state index contributed by atoms with van der Waals surface area (Å²) in [5, 5.41) is 0. The van der Waals surface area contributed by atoms with E-state index in [2.05, 4.69) is 0 Å². The van der Waals surface area contributed by atoms with Crippen LogP contribution < -0.4 is 9.47 Å². The summed E-state index contributed by atoms with van der Waals surface area (Å²) in [6.07, 6.45) is -0.642. The summed E-state index contributed by atoms with van der Waals surface area (Å²) in [6, 6.07) is 11.5. The van der Waals surface area contributed by atoms with Crippen LogP contribution in [0.4, 0.5) is 4.39 Å². The number of benzene rings is 2. The first-order chi connectivity index (χ1) is 13.9. The maximum atomic E-state index is 13.7. The van der Waals surface area contributed by atoms with E-state index in [1.54, 1.807) is 67.2 Å². The molecule has 0 bridgehead atoms. The number of nitrogens with zero attached hydrogens (tertiary/aromatic N) is 2. The maximum absolute atomic E-state index is 13.7. The number of piperazine rings is 1. The molecule has 7 heteroatoms. The van der Waals surface area contributed by atoms with Crippen LogP contribution in [0.15, 0.2) is 42.5 Å². The number of halogens is 1. The average Bonchev–Trinajstić information content (AvgIpc) is 2.75. The maximum Gasteiger partial charge on any atom is 0.263 e. The van der Waals surface area contributed by atoms with Crippen LogP contribution in [0.25, 0.3) is 0 Å². The second-order valence-electron chi connectivity index (χ2n) is 7.02. The molecule has 0 spiro atoms. The summed E-state index contributed by atoms with van der Waals surface area (Å²) in [6.45, 7) is 4.98. The molecule has 154 valence electrons. The van der Waals surface area contributed by atoms with Crippen LogP contribution in [-0.2, 0) is 4.79 Å². The van der Waals surface area contributed by atoms with Gasteiger partial charge in [0, 0.05) is 31.7 Å². The number of hydrogen-bond acceptors (Lipinski definition) is 4. The van der Waals surface area contributed by atoms with Gasteiger partial charge < -0.3 is 19.3 Å². The van der Waals surface area contributed by atoms with Crippen LogP contribution >= 0.6 is 0 Å². The van der Waals surface area contributed by atoms with Gasteiger partial charge in [0.2, 0.25) is 0 Å². The van der Waals surface area contributed by atoms with Crippen molar-refractivity contribution in [3.63, 3.8) is 0 Å². The molecule has 2 aromatic rings. The Hall–Kier alpha value is -3.09. The normalized spacial score (nSPS) is 15.0. The predicted octanol–water partition coefficient (Wildman–Crippen LogP) is 2.89. The van der Waals surface area contributed by atoms with Crippen molar-refractivity contribution >= 4 is 11.8 Å². The molecule has 0 aromatic heterocycles. The van der Waals surface area contributed by atoms with Crippen LogP contribution in [-0.4, -0.2) is 61.0 Å². The number of methoxy groups -OCH3 is 1. The van der Waals surface area contributed by atoms with Crippen molar-refractivity contribution in [2.45, 2.75) is 20.0 Å². The van der Waals surface area contributed by atoms with Crippen LogP contribution in [0, 0.1) is 12.7 Å². The Labute approximate surface area is 169 Å². The molecule has 0 radical (unpaired) electrons. The summed E-state index contributed by atoms with van der Waals surface area (Å²) in [4.78, 5) is 28.6. The van der Waals surface area contributed by atoms with E-state index in [4.69, 9.17) is 9.47 Å². The fourth-order valence-electron chi connectivity index (χ4n) is 3.20. The Kier molecular flexibility index (Phi) is 6.36. The second-order valence-corrected chi connectivity index (χ2v) is 7.02. The first kappa shape index (κ1) is 20.6. The Morgan fingerprint density at radius 3 is 2.14 bits per heavy atom. The molecular weight excluding hydrogens is 375 g/mol. The molecule has 6 nitrogen and oxygen atoms in total. The molecule has 1 unspecified atom stereocenters. The van der Waals surface area contributed by atoms with Crippen molar-refractivity contribution < 1.29 is 23.5 Å². The summed E-state index contributed by atoms with van der Waals surface area (Å²) in [7, 11) is 1.59. The highest BCUT2D eigenvalue weighted by Crippen LogP contribution is 2.19. The highest BCUT2D eigenvalue weighted by molar-refractivity contribution is 5.94. The van der Waals surface area contributed by atoms with Crippen molar-refractivity contribution in [3.8, 4) is 11.5 Å². The third kappa shape index (κ3) is 4.85. The minimum absolute atomic E-state index is 0.130. The van der Waals surface area contributed by atoms with Crippen molar-refractivity contribution in [3.05, 3.63) is 59.4 Å². The molecule has 0 saturated carbocycles. The first-order valence-corrected chi connectivity index (χ1v) is 9.54. The average molecular weight is 400 g/mol.